The molecule has 0 radical (unpaired) electrons. The summed E-state index contributed by atoms with van der Waals surface area (Å²) in [6, 6.07) is 7.05. The van der Waals surface area contributed by atoms with Crippen LogP contribution in [-0.4, -0.2) is 28.7 Å². The van der Waals surface area contributed by atoms with Gasteiger partial charge in [-0.1, -0.05) is 25.1 Å². The van der Waals surface area contributed by atoms with Crippen molar-refractivity contribution in [2.45, 2.75) is 25.1 Å². The summed E-state index contributed by atoms with van der Waals surface area (Å²) in [5.41, 5.74) is -1.46. The minimum absolute atomic E-state index is 0.0785. The molecular weight excluding hydrogens is 299 g/mol. The number of carboxylic acid groups (broad SMARTS) is 1. The van der Waals surface area contributed by atoms with Crippen molar-refractivity contribution in [1.82, 2.24) is 5.32 Å². The van der Waals surface area contributed by atoms with Crippen molar-refractivity contribution >= 4 is 11.9 Å². The zero-order valence-electron chi connectivity index (χ0n) is 11.6. The standard InChI is InChI=1S/C15H14F3NO3/c1-2-3-7-10-14(13(21)22,15(16,17)18)19-12(20)11-8-5-4-6-9-11/h3-6,8-10H,2H2,1H3,(H,19,20)(H,21,22). The summed E-state index contributed by atoms with van der Waals surface area (Å²) in [5, 5.41) is 10.6. The van der Waals surface area contributed by atoms with E-state index in [9.17, 15) is 22.8 Å². The third-order valence-corrected chi connectivity index (χ3v) is 2.75. The Balaban J connectivity index is 3.29. The molecule has 0 saturated carbocycles. The molecule has 0 aliphatic rings. The Kier molecular flexibility index (Phi) is 5.54. The number of carbonyl (C=O) groups is 2. The normalized spacial score (nSPS) is 13.5. The van der Waals surface area contributed by atoms with E-state index in [4.69, 9.17) is 5.11 Å². The van der Waals surface area contributed by atoms with Gasteiger partial charge in [0.2, 0.25) is 0 Å². The van der Waals surface area contributed by atoms with Crippen LogP contribution in [0.1, 0.15) is 23.7 Å². The third kappa shape index (κ3) is 3.77. The number of alkyl halides is 3. The van der Waals surface area contributed by atoms with Gasteiger partial charge in [0, 0.05) is 11.6 Å². The number of hydrogen-bond donors (Lipinski definition) is 2. The molecule has 0 spiro atoms. The Morgan fingerprint density at radius 1 is 1.27 bits per heavy atom. The van der Waals surface area contributed by atoms with E-state index in [1.54, 1.807) is 18.3 Å². The molecule has 1 aromatic rings. The van der Waals surface area contributed by atoms with E-state index >= 15 is 0 Å². The number of amides is 1. The molecule has 1 rings (SSSR count). The smallest absolute Gasteiger partial charge is 0.426 e. The zero-order chi connectivity index (χ0) is 16.8. The number of carboxylic acids is 1. The first-order valence-corrected chi connectivity index (χ1v) is 6.34. The number of halogens is 3. The number of rotatable bonds is 5. The van der Waals surface area contributed by atoms with Crippen molar-refractivity contribution in [2.75, 3.05) is 0 Å². The minimum Gasteiger partial charge on any atom is -0.479 e. The van der Waals surface area contributed by atoms with Crippen LogP contribution in [0, 0.1) is 0 Å². The second-order valence-electron chi connectivity index (χ2n) is 4.35. The molecule has 22 heavy (non-hydrogen) atoms. The SMILES string of the molecule is CCC=C=CC(NC(=O)c1ccccc1)(C(=O)O)C(F)(F)F. The Labute approximate surface area is 125 Å². The van der Waals surface area contributed by atoms with Crippen LogP contribution < -0.4 is 5.32 Å². The summed E-state index contributed by atoms with van der Waals surface area (Å²) in [5.74, 6) is -3.38. The lowest BCUT2D eigenvalue weighted by Crippen LogP contribution is -2.62. The molecular formula is C15H14F3NO3. The number of hydrogen-bond acceptors (Lipinski definition) is 2. The number of benzene rings is 1. The topological polar surface area (TPSA) is 66.4 Å². The monoisotopic (exact) mass is 313 g/mol. The van der Waals surface area contributed by atoms with Gasteiger partial charge in [-0.3, -0.25) is 4.79 Å². The lowest BCUT2D eigenvalue weighted by Gasteiger charge is -2.29. The van der Waals surface area contributed by atoms with Crippen molar-refractivity contribution in [2.24, 2.45) is 0 Å². The van der Waals surface area contributed by atoms with Gasteiger partial charge in [-0.05, 0) is 24.6 Å². The van der Waals surface area contributed by atoms with Gasteiger partial charge in [0.25, 0.3) is 11.4 Å². The first kappa shape index (κ1) is 17.5. The molecule has 1 amide bonds. The number of aliphatic carboxylic acids is 1. The van der Waals surface area contributed by atoms with Gasteiger partial charge in [0.15, 0.2) is 0 Å². The van der Waals surface area contributed by atoms with Gasteiger partial charge >= 0.3 is 12.1 Å². The van der Waals surface area contributed by atoms with Crippen LogP contribution in [0.25, 0.3) is 0 Å². The molecule has 7 heteroatoms. The van der Waals surface area contributed by atoms with Crippen molar-refractivity contribution in [3.63, 3.8) is 0 Å². The Morgan fingerprint density at radius 3 is 2.32 bits per heavy atom. The van der Waals surface area contributed by atoms with Gasteiger partial charge in [-0.15, -0.1) is 5.73 Å². The highest BCUT2D eigenvalue weighted by atomic mass is 19.4. The van der Waals surface area contributed by atoms with Crippen molar-refractivity contribution in [3.8, 4) is 0 Å². The zero-order valence-corrected chi connectivity index (χ0v) is 11.6. The summed E-state index contributed by atoms with van der Waals surface area (Å²) in [7, 11) is 0. The molecule has 1 aromatic carbocycles. The van der Waals surface area contributed by atoms with Crippen LogP contribution >= 0.6 is 0 Å². The van der Waals surface area contributed by atoms with Crippen LogP contribution in [0.5, 0.6) is 0 Å². The average Bonchev–Trinajstić information content (AvgIpc) is 2.45. The second kappa shape index (κ2) is 6.95. The average molecular weight is 313 g/mol. The number of nitrogens with one attached hydrogen (secondary N) is 1. The highest BCUT2D eigenvalue weighted by molar-refractivity contribution is 5.99. The first-order valence-electron chi connectivity index (χ1n) is 6.34. The molecule has 0 aliphatic heterocycles. The molecule has 0 aliphatic carbocycles. The van der Waals surface area contributed by atoms with E-state index in [2.05, 4.69) is 5.73 Å². The molecule has 2 N–H and O–H groups in total. The predicted octanol–water partition coefficient (Wildman–Crippen LogP) is 2.92. The Hall–Kier alpha value is -2.53. The fourth-order valence-corrected chi connectivity index (χ4v) is 1.57. The fraction of sp³-hybridized carbons (Fsp3) is 0.267. The van der Waals surface area contributed by atoms with Crippen LogP contribution in [0.15, 0.2) is 48.2 Å². The third-order valence-electron chi connectivity index (χ3n) is 2.75. The number of carbonyl (C=O) groups excluding carboxylic acids is 1. The maximum Gasteiger partial charge on any atom is 0.426 e. The molecule has 4 nitrogen and oxygen atoms in total. The molecule has 0 heterocycles. The minimum atomic E-state index is -5.22. The van der Waals surface area contributed by atoms with Gasteiger partial charge in [-0.2, -0.15) is 13.2 Å². The highest BCUT2D eigenvalue weighted by Crippen LogP contribution is 2.32. The first-order chi connectivity index (χ1) is 10.2. The van der Waals surface area contributed by atoms with Crippen molar-refractivity contribution in [3.05, 3.63) is 53.8 Å². The molecule has 0 saturated heterocycles. The quantitative estimate of drug-likeness (QED) is 0.821. The van der Waals surface area contributed by atoms with Gasteiger partial charge in [0.1, 0.15) is 0 Å². The maximum atomic E-state index is 13.2. The second-order valence-corrected chi connectivity index (χ2v) is 4.35. The molecule has 1 atom stereocenters. The molecule has 0 aromatic heterocycles. The Bertz CT molecular complexity index is 604. The Morgan fingerprint density at radius 2 is 1.86 bits per heavy atom. The summed E-state index contributed by atoms with van der Waals surface area (Å²) in [6.07, 6.45) is -3.31. The summed E-state index contributed by atoms with van der Waals surface area (Å²) in [6.45, 7) is 1.65. The van der Waals surface area contributed by atoms with Crippen molar-refractivity contribution in [1.29, 1.82) is 0 Å². The maximum absolute atomic E-state index is 13.2. The fourth-order valence-electron chi connectivity index (χ4n) is 1.57. The molecule has 118 valence electrons. The van der Waals surface area contributed by atoms with Gasteiger partial charge < -0.3 is 10.4 Å². The van der Waals surface area contributed by atoms with E-state index in [-0.39, 0.29) is 5.56 Å². The molecule has 1 unspecified atom stereocenters. The van der Waals surface area contributed by atoms with E-state index < -0.39 is 23.6 Å². The highest BCUT2D eigenvalue weighted by Gasteiger charge is 2.60. The van der Waals surface area contributed by atoms with Crippen LogP contribution in [-0.2, 0) is 4.79 Å². The van der Waals surface area contributed by atoms with Gasteiger partial charge in [-0.25, -0.2) is 4.79 Å². The van der Waals surface area contributed by atoms with E-state index in [0.717, 1.165) is 0 Å². The van der Waals surface area contributed by atoms with Crippen molar-refractivity contribution < 1.29 is 27.9 Å². The lowest BCUT2D eigenvalue weighted by atomic mass is 9.97. The summed E-state index contributed by atoms with van der Waals surface area (Å²) < 4.78 is 39.7. The van der Waals surface area contributed by atoms with Crippen LogP contribution in [0.3, 0.4) is 0 Å². The molecule has 0 bridgehead atoms. The van der Waals surface area contributed by atoms with Crippen LogP contribution in [0.4, 0.5) is 13.2 Å². The largest absolute Gasteiger partial charge is 0.479 e. The van der Waals surface area contributed by atoms with E-state index in [1.807, 2.05) is 0 Å². The predicted molar refractivity (Wildman–Crippen MR) is 73.3 cm³/mol. The van der Waals surface area contributed by atoms with E-state index in [1.165, 1.54) is 30.3 Å². The van der Waals surface area contributed by atoms with Gasteiger partial charge in [0.05, 0.1) is 0 Å². The summed E-state index contributed by atoms with van der Waals surface area (Å²) >= 11 is 0. The lowest BCUT2D eigenvalue weighted by molar-refractivity contribution is -0.196. The van der Waals surface area contributed by atoms with Crippen LogP contribution in [0.2, 0.25) is 0 Å². The molecule has 0 fully saturated rings. The summed E-state index contributed by atoms with van der Waals surface area (Å²) in [4.78, 5) is 23.1. The van der Waals surface area contributed by atoms with E-state index in [0.29, 0.717) is 12.5 Å².